The van der Waals surface area contributed by atoms with Crippen LogP contribution in [0, 0.1) is 13.8 Å². The molecule has 1 aromatic heterocycles. The van der Waals surface area contributed by atoms with Crippen LogP contribution in [0.25, 0.3) is 0 Å². The lowest BCUT2D eigenvalue weighted by Crippen LogP contribution is -2.14. The first-order chi connectivity index (χ1) is 10.5. The molecule has 0 saturated carbocycles. The molecule has 22 heavy (non-hydrogen) atoms. The number of hydrogen-bond donors (Lipinski definition) is 2. The molecule has 2 aromatic rings. The number of hydrogen-bond acceptors (Lipinski definition) is 3. The van der Waals surface area contributed by atoms with Crippen LogP contribution in [-0.4, -0.2) is 23.5 Å². The topological polar surface area (TPSA) is 71.2 Å². The second-order valence-corrected chi connectivity index (χ2v) is 5.19. The number of H-pyrrole nitrogens is 1. The maximum atomic E-state index is 12.5. The van der Waals surface area contributed by atoms with E-state index in [0.717, 1.165) is 0 Å². The largest absolute Gasteiger partial charge is 0.461 e. The molecule has 0 fully saturated rings. The van der Waals surface area contributed by atoms with Gasteiger partial charge in [-0.25, -0.2) is 4.79 Å². The van der Waals surface area contributed by atoms with Crippen LogP contribution in [-0.2, 0) is 4.74 Å². The molecule has 0 radical (unpaired) electrons. The van der Waals surface area contributed by atoms with Gasteiger partial charge in [0.15, 0.2) is 0 Å². The zero-order valence-electron chi connectivity index (χ0n) is 12.6. The quantitative estimate of drug-likeness (QED) is 0.843. The summed E-state index contributed by atoms with van der Waals surface area (Å²) in [6.07, 6.45) is 0. The first kappa shape index (κ1) is 16.1. The van der Waals surface area contributed by atoms with Crippen LogP contribution in [0.15, 0.2) is 24.3 Å². The van der Waals surface area contributed by atoms with Gasteiger partial charge < -0.3 is 15.0 Å². The van der Waals surface area contributed by atoms with Crippen molar-refractivity contribution >= 4 is 29.2 Å². The molecule has 116 valence electrons. The standard InChI is InChI=1S/C16H17ClN2O3/c1-4-22-16(21)14-9(2)13(10(3)18-14)15(20)19-12-8-6-5-7-11(12)17/h5-8,18H,4H2,1-3H3,(H,19,20). The number of esters is 1. The van der Waals surface area contributed by atoms with Gasteiger partial charge in [-0.3, -0.25) is 4.79 Å². The number of aromatic nitrogens is 1. The molecule has 0 spiro atoms. The minimum Gasteiger partial charge on any atom is -0.461 e. The molecule has 5 nitrogen and oxygen atoms in total. The number of para-hydroxylation sites is 1. The fourth-order valence-electron chi connectivity index (χ4n) is 2.25. The van der Waals surface area contributed by atoms with E-state index in [1.165, 1.54) is 0 Å². The lowest BCUT2D eigenvalue weighted by molar-refractivity contribution is 0.0519. The van der Waals surface area contributed by atoms with Crippen LogP contribution >= 0.6 is 11.6 Å². The van der Waals surface area contributed by atoms with E-state index in [1.807, 2.05) is 0 Å². The van der Waals surface area contributed by atoms with Gasteiger partial charge in [0.05, 0.1) is 22.9 Å². The number of aromatic amines is 1. The molecule has 1 amide bonds. The Bertz CT molecular complexity index is 722. The van der Waals surface area contributed by atoms with E-state index < -0.39 is 5.97 Å². The van der Waals surface area contributed by atoms with Crippen LogP contribution in [0.2, 0.25) is 5.02 Å². The molecule has 6 heteroatoms. The number of nitrogens with one attached hydrogen (secondary N) is 2. The molecule has 0 bridgehead atoms. The smallest absolute Gasteiger partial charge is 0.355 e. The SMILES string of the molecule is CCOC(=O)c1[nH]c(C)c(C(=O)Nc2ccccc2Cl)c1C. The average Bonchev–Trinajstić information content (AvgIpc) is 2.77. The molecule has 0 unspecified atom stereocenters. The van der Waals surface area contributed by atoms with Crippen molar-refractivity contribution in [1.82, 2.24) is 4.98 Å². The maximum Gasteiger partial charge on any atom is 0.355 e. The van der Waals surface area contributed by atoms with E-state index in [9.17, 15) is 9.59 Å². The van der Waals surface area contributed by atoms with Crippen LogP contribution in [0.5, 0.6) is 0 Å². The number of aryl methyl sites for hydroxylation is 1. The maximum absolute atomic E-state index is 12.5. The van der Waals surface area contributed by atoms with Crippen molar-refractivity contribution in [2.24, 2.45) is 0 Å². The summed E-state index contributed by atoms with van der Waals surface area (Å²) in [6, 6.07) is 6.97. The van der Waals surface area contributed by atoms with Gasteiger partial charge in [-0.1, -0.05) is 23.7 Å². The first-order valence-electron chi connectivity index (χ1n) is 6.87. The zero-order chi connectivity index (χ0) is 16.3. The summed E-state index contributed by atoms with van der Waals surface area (Å²) in [4.78, 5) is 27.2. The molecule has 2 N–H and O–H groups in total. The third-order valence-corrected chi connectivity index (χ3v) is 3.60. The summed E-state index contributed by atoms with van der Waals surface area (Å²) in [6.45, 7) is 5.44. The number of ether oxygens (including phenoxy) is 1. The van der Waals surface area contributed by atoms with Crippen LogP contribution < -0.4 is 5.32 Å². The molecule has 0 atom stereocenters. The molecular formula is C16H17ClN2O3. The Hall–Kier alpha value is -2.27. The number of benzene rings is 1. The van der Waals surface area contributed by atoms with E-state index >= 15 is 0 Å². The lowest BCUT2D eigenvalue weighted by Gasteiger charge is -2.07. The van der Waals surface area contributed by atoms with Crippen molar-refractivity contribution in [3.05, 3.63) is 51.8 Å². The Morgan fingerprint density at radius 1 is 1.27 bits per heavy atom. The van der Waals surface area contributed by atoms with Crippen molar-refractivity contribution in [1.29, 1.82) is 0 Å². The molecular weight excluding hydrogens is 304 g/mol. The van der Waals surface area contributed by atoms with Gasteiger partial charge in [0.2, 0.25) is 0 Å². The second kappa shape index (κ2) is 6.66. The summed E-state index contributed by atoms with van der Waals surface area (Å²) in [5, 5.41) is 3.20. The number of halogens is 1. The Kier molecular flexibility index (Phi) is 4.88. The number of amides is 1. The predicted molar refractivity (Wildman–Crippen MR) is 85.6 cm³/mol. The van der Waals surface area contributed by atoms with Gasteiger partial charge in [-0.05, 0) is 38.5 Å². The van der Waals surface area contributed by atoms with E-state index in [1.54, 1.807) is 45.0 Å². The Morgan fingerprint density at radius 2 is 1.95 bits per heavy atom. The van der Waals surface area contributed by atoms with Crippen molar-refractivity contribution < 1.29 is 14.3 Å². The Morgan fingerprint density at radius 3 is 2.59 bits per heavy atom. The monoisotopic (exact) mass is 320 g/mol. The Labute approximate surface area is 133 Å². The van der Waals surface area contributed by atoms with E-state index in [-0.39, 0.29) is 12.5 Å². The second-order valence-electron chi connectivity index (χ2n) is 4.78. The number of rotatable bonds is 4. The van der Waals surface area contributed by atoms with Gasteiger partial charge in [0.25, 0.3) is 5.91 Å². The van der Waals surface area contributed by atoms with E-state index in [0.29, 0.717) is 33.2 Å². The van der Waals surface area contributed by atoms with Gasteiger partial charge in [0.1, 0.15) is 5.69 Å². The third kappa shape index (κ3) is 3.14. The summed E-state index contributed by atoms with van der Waals surface area (Å²) >= 11 is 6.04. The van der Waals surface area contributed by atoms with Gasteiger partial charge in [0, 0.05) is 5.69 Å². The molecule has 1 aromatic carbocycles. The Balaban J connectivity index is 2.31. The fraction of sp³-hybridized carbons (Fsp3) is 0.250. The molecule has 0 saturated heterocycles. The highest BCUT2D eigenvalue weighted by atomic mass is 35.5. The van der Waals surface area contributed by atoms with Crippen molar-refractivity contribution in [2.45, 2.75) is 20.8 Å². The van der Waals surface area contributed by atoms with Crippen LogP contribution in [0.3, 0.4) is 0 Å². The number of carbonyl (C=O) groups excluding carboxylic acids is 2. The van der Waals surface area contributed by atoms with E-state index in [2.05, 4.69) is 10.3 Å². The third-order valence-electron chi connectivity index (χ3n) is 3.27. The summed E-state index contributed by atoms with van der Waals surface area (Å²) in [7, 11) is 0. The average molecular weight is 321 g/mol. The first-order valence-corrected chi connectivity index (χ1v) is 7.25. The lowest BCUT2D eigenvalue weighted by atomic mass is 10.1. The van der Waals surface area contributed by atoms with Crippen molar-refractivity contribution in [2.75, 3.05) is 11.9 Å². The molecule has 0 aliphatic heterocycles. The van der Waals surface area contributed by atoms with Crippen LogP contribution in [0.1, 0.15) is 39.0 Å². The van der Waals surface area contributed by atoms with Crippen molar-refractivity contribution in [3.63, 3.8) is 0 Å². The van der Waals surface area contributed by atoms with Gasteiger partial charge >= 0.3 is 5.97 Å². The number of carbonyl (C=O) groups is 2. The fourth-order valence-corrected chi connectivity index (χ4v) is 2.43. The highest BCUT2D eigenvalue weighted by molar-refractivity contribution is 6.34. The van der Waals surface area contributed by atoms with Gasteiger partial charge in [-0.2, -0.15) is 0 Å². The normalized spacial score (nSPS) is 10.4. The van der Waals surface area contributed by atoms with E-state index in [4.69, 9.17) is 16.3 Å². The molecule has 0 aliphatic rings. The highest BCUT2D eigenvalue weighted by Crippen LogP contribution is 2.24. The summed E-state index contributed by atoms with van der Waals surface area (Å²) in [5.41, 5.74) is 2.39. The summed E-state index contributed by atoms with van der Waals surface area (Å²) in [5.74, 6) is -0.796. The minimum absolute atomic E-state index is 0.275. The minimum atomic E-state index is -0.472. The molecule has 0 aliphatic carbocycles. The zero-order valence-corrected chi connectivity index (χ0v) is 13.4. The predicted octanol–water partition coefficient (Wildman–Crippen LogP) is 3.71. The summed E-state index contributed by atoms with van der Waals surface area (Å²) < 4.78 is 4.97. The van der Waals surface area contributed by atoms with Crippen molar-refractivity contribution in [3.8, 4) is 0 Å². The molecule has 2 rings (SSSR count). The highest BCUT2D eigenvalue weighted by Gasteiger charge is 2.23. The number of anilines is 1. The van der Waals surface area contributed by atoms with Gasteiger partial charge in [-0.15, -0.1) is 0 Å². The van der Waals surface area contributed by atoms with Crippen LogP contribution in [0.4, 0.5) is 5.69 Å². The molecule has 1 heterocycles.